The van der Waals surface area contributed by atoms with E-state index in [2.05, 4.69) is 33.1 Å². The number of carbonyl (C=O) groups excluding carboxylic acids is 1. The number of halogens is 1. The Morgan fingerprint density at radius 3 is 2.61 bits per heavy atom. The lowest BCUT2D eigenvalue weighted by atomic mass is 10.2. The molecular formula is C21H22BrN3O3. The van der Waals surface area contributed by atoms with Gasteiger partial charge in [0.1, 0.15) is 5.75 Å². The number of rotatable bonds is 7. The number of methoxy groups -OCH3 is 1. The number of benzene rings is 2. The minimum absolute atomic E-state index is 0.00622. The quantitative estimate of drug-likeness (QED) is 0.347. The van der Waals surface area contributed by atoms with Gasteiger partial charge in [0.15, 0.2) is 5.69 Å². The van der Waals surface area contributed by atoms with Crippen LogP contribution in [0.2, 0.25) is 0 Å². The van der Waals surface area contributed by atoms with Gasteiger partial charge in [-0.2, -0.15) is 0 Å². The third-order valence-corrected chi connectivity index (χ3v) is 5.06. The largest absolute Gasteiger partial charge is 0.497 e. The van der Waals surface area contributed by atoms with Gasteiger partial charge in [0, 0.05) is 22.0 Å². The number of aromatic hydroxyl groups is 1. The van der Waals surface area contributed by atoms with Crippen molar-refractivity contribution in [3.05, 3.63) is 52.5 Å². The summed E-state index contributed by atoms with van der Waals surface area (Å²) in [7, 11) is 1.58. The minimum Gasteiger partial charge on any atom is -0.497 e. The van der Waals surface area contributed by atoms with Crippen molar-refractivity contribution in [3.63, 3.8) is 0 Å². The van der Waals surface area contributed by atoms with Gasteiger partial charge < -0.3 is 14.4 Å². The number of azo groups is 1. The summed E-state index contributed by atoms with van der Waals surface area (Å²) in [5.41, 5.74) is 1.53. The third-order valence-electron chi connectivity index (χ3n) is 4.53. The van der Waals surface area contributed by atoms with E-state index in [1.807, 2.05) is 16.7 Å². The fraction of sp³-hybridized carbons (Fsp3) is 0.286. The zero-order chi connectivity index (χ0) is 20.1. The van der Waals surface area contributed by atoms with Gasteiger partial charge in [-0.05, 0) is 48.9 Å². The van der Waals surface area contributed by atoms with Crippen LogP contribution in [0.15, 0.2) is 57.2 Å². The number of unbranched alkanes of at least 4 members (excludes halogenated alkanes) is 2. The predicted molar refractivity (Wildman–Crippen MR) is 113 cm³/mol. The molecular weight excluding hydrogens is 422 g/mol. The summed E-state index contributed by atoms with van der Waals surface area (Å²) in [5.74, 6) is 0.183. The zero-order valence-corrected chi connectivity index (χ0v) is 17.4. The Kier molecular flexibility index (Phi) is 6.46. The first-order valence-corrected chi connectivity index (χ1v) is 9.95. The average Bonchev–Trinajstić information content (AvgIpc) is 2.97. The third kappa shape index (κ3) is 4.25. The highest BCUT2D eigenvalue weighted by Gasteiger charge is 2.18. The van der Waals surface area contributed by atoms with Crippen LogP contribution < -0.4 is 4.74 Å². The SMILES string of the molecule is CCCCCn1c(O)c(N=NC(=O)c2ccc(Br)cc2)c2cc(OC)ccc21. The van der Waals surface area contributed by atoms with Crippen LogP contribution in [-0.4, -0.2) is 22.7 Å². The van der Waals surface area contributed by atoms with Gasteiger partial charge in [0.05, 0.1) is 12.6 Å². The molecule has 146 valence electrons. The van der Waals surface area contributed by atoms with E-state index in [9.17, 15) is 9.90 Å². The molecule has 1 amide bonds. The van der Waals surface area contributed by atoms with Crippen molar-refractivity contribution in [2.75, 3.05) is 7.11 Å². The van der Waals surface area contributed by atoms with Gasteiger partial charge in [0.2, 0.25) is 5.88 Å². The Morgan fingerprint density at radius 2 is 1.93 bits per heavy atom. The zero-order valence-electron chi connectivity index (χ0n) is 15.9. The second kappa shape index (κ2) is 9.01. The lowest BCUT2D eigenvalue weighted by Crippen LogP contribution is -1.97. The first kappa shape index (κ1) is 20.1. The molecule has 0 spiro atoms. The molecule has 0 saturated heterocycles. The highest BCUT2D eigenvalue weighted by molar-refractivity contribution is 9.10. The van der Waals surface area contributed by atoms with Gasteiger partial charge in [-0.1, -0.05) is 35.7 Å². The number of amides is 1. The summed E-state index contributed by atoms with van der Waals surface area (Å²) in [4.78, 5) is 12.3. The molecule has 0 aliphatic heterocycles. The topological polar surface area (TPSA) is 76.2 Å². The first-order valence-electron chi connectivity index (χ1n) is 9.16. The van der Waals surface area contributed by atoms with Crippen LogP contribution in [0.4, 0.5) is 5.69 Å². The van der Waals surface area contributed by atoms with Crippen LogP contribution in [0.25, 0.3) is 10.9 Å². The number of carbonyl (C=O) groups is 1. The lowest BCUT2D eigenvalue weighted by molar-refractivity contribution is 0.0995. The van der Waals surface area contributed by atoms with E-state index in [0.29, 0.717) is 23.2 Å². The molecule has 3 rings (SSSR count). The molecule has 0 unspecified atom stereocenters. The molecule has 3 aromatic rings. The molecule has 28 heavy (non-hydrogen) atoms. The van der Waals surface area contributed by atoms with Gasteiger partial charge in [-0.3, -0.25) is 4.79 Å². The molecule has 0 radical (unpaired) electrons. The monoisotopic (exact) mass is 443 g/mol. The fourth-order valence-corrected chi connectivity index (χ4v) is 3.28. The highest BCUT2D eigenvalue weighted by atomic mass is 79.9. The number of aromatic nitrogens is 1. The first-order chi connectivity index (χ1) is 13.5. The summed E-state index contributed by atoms with van der Waals surface area (Å²) < 4.78 is 7.98. The van der Waals surface area contributed by atoms with E-state index >= 15 is 0 Å². The predicted octanol–water partition coefficient (Wildman–Crippen LogP) is 6.23. The summed E-state index contributed by atoms with van der Waals surface area (Å²) in [5, 5.41) is 19.4. The molecule has 0 saturated carbocycles. The summed E-state index contributed by atoms with van der Waals surface area (Å²) >= 11 is 3.34. The van der Waals surface area contributed by atoms with Crippen molar-refractivity contribution in [1.82, 2.24) is 4.57 Å². The van der Waals surface area contributed by atoms with Crippen LogP contribution in [-0.2, 0) is 6.54 Å². The Bertz CT molecular complexity index is 1010. The molecule has 0 bridgehead atoms. The Morgan fingerprint density at radius 1 is 1.18 bits per heavy atom. The minimum atomic E-state index is -0.471. The summed E-state index contributed by atoms with van der Waals surface area (Å²) in [6, 6.07) is 12.4. The lowest BCUT2D eigenvalue weighted by Gasteiger charge is -2.06. The summed E-state index contributed by atoms with van der Waals surface area (Å²) in [6.07, 6.45) is 3.09. The van der Waals surface area contributed by atoms with E-state index in [0.717, 1.165) is 29.3 Å². The smallest absolute Gasteiger partial charge is 0.295 e. The van der Waals surface area contributed by atoms with E-state index in [1.165, 1.54) is 0 Å². The average molecular weight is 444 g/mol. The molecule has 0 fully saturated rings. The normalized spacial score (nSPS) is 11.4. The van der Waals surface area contributed by atoms with E-state index < -0.39 is 5.91 Å². The Labute approximate surface area is 172 Å². The van der Waals surface area contributed by atoms with E-state index in [-0.39, 0.29) is 11.6 Å². The van der Waals surface area contributed by atoms with Crippen molar-refractivity contribution >= 4 is 38.4 Å². The maximum Gasteiger partial charge on any atom is 0.295 e. The van der Waals surface area contributed by atoms with Gasteiger partial charge in [-0.15, -0.1) is 10.2 Å². The highest BCUT2D eigenvalue weighted by Crippen LogP contribution is 2.40. The van der Waals surface area contributed by atoms with Crippen molar-refractivity contribution < 1.29 is 14.6 Å². The molecule has 0 aliphatic carbocycles. The van der Waals surface area contributed by atoms with Gasteiger partial charge in [-0.25, -0.2) is 0 Å². The van der Waals surface area contributed by atoms with E-state index in [1.54, 1.807) is 37.4 Å². The molecule has 1 heterocycles. The van der Waals surface area contributed by atoms with Gasteiger partial charge in [0.25, 0.3) is 5.91 Å². The second-order valence-electron chi connectivity index (χ2n) is 6.43. The standard InChI is InChI=1S/C21H22BrN3O3/c1-3-4-5-12-25-18-11-10-16(28-2)13-17(18)19(21(25)27)23-24-20(26)14-6-8-15(22)9-7-14/h6-11,13,27H,3-5,12H2,1-2H3. The maximum absolute atomic E-state index is 12.3. The number of aryl methyl sites for hydroxylation is 1. The van der Waals surface area contributed by atoms with Crippen molar-refractivity contribution in [2.24, 2.45) is 10.2 Å². The number of fused-ring (bicyclic) bond motifs is 1. The molecule has 1 N–H and O–H groups in total. The fourth-order valence-electron chi connectivity index (χ4n) is 3.02. The molecule has 1 aromatic heterocycles. The van der Waals surface area contributed by atoms with Crippen molar-refractivity contribution in [3.8, 4) is 11.6 Å². The molecule has 0 aliphatic rings. The maximum atomic E-state index is 12.3. The number of ether oxygens (including phenoxy) is 1. The van der Waals surface area contributed by atoms with Crippen LogP contribution in [0.1, 0.15) is 36.5 Å². The number of nitrogens with zero attached hydrogens (tertiary/aromatic N) is 3. The Balaban J connectivity index is 1.99. The Hall–Kier alpha value is -2.67. The van der Waals surface area contributed by atoms with Crippen LogP contribution in [0, 0.1) is 0 Å². The molecule has 6 nitrogen and oxygen atoms in total. The second-order valence-corrected chi connectivity index (χ2v) is 7.34. The molecule has 0 atom stereocenters. The molecule has 2 aromatic carbocycles. The van der Waals surface area contributed by atoms with Gasteiger partial charge >= 0.3 is 0 Å². The van der Waals surface area contributed by atoms with Crippen molar-refractivity contribution in [1.29, 1.82) is 0 Å². The van der Waals surface area contributed by atoms with Crippen LogP contribution >= 0.6 is 15.9 Å². The van der Waals surface area contributed by atoms with Crippen LogP contribution in [0.5, 0.6) is 11.6 Å². The van der Waals surface area contributed by atoms with Crippen molar-refractivity contribution in [2.45, 2.75) is 32.7 Å². The number of hydrogen-bond acceptors (Lipinski definition) is 4. The molecule has 7 heteroatoms. The number of hydrogen-bond donors (Lipinski definition) is 1. The van der Waals surface area contributed by atoms with E-state index in [4.69, 9.17) is 4.74 Å². The summed E-state index contributed by atoms with van der Waals surface area (Å²) in [6.45, 7) is 2.80. The van der Waals surface area contributed by atoms with Crippen LogP contribution in [0.3, 0.4) is 0 Å².